The molecule has 4 heterocycles. The van der Waals surface area contributed by atoms with Crippen LogP contribution in [0.2, 0.25) is 0 Å². The molecule has 29 heavy (non-hydrogen) atoms. The standard InChI is InChI=1S/C21H26N6O2/c1-14-6-4-7-15-12-17(21(28)22-18(14)15)19(26-9-2-3-10-26)20-23-24-25-27(20)13-16-8-5-11-29-16/h4,6-7,12,16,19H,2-3,5,8-11,13H2,1H3,(H,22,28)/p+1/t16-,19+/m0/s1. The third kappa shape index (κ3) is 3.47. The van der Waals surface area contributed by atoms with E-state index in [0.29, 0.717) is 6.54 Å². The fraction of sp³-hybridized carbons (Fsp3) is 0.524. The molecule has 2 saturated heterocycles. The molecule has 0 bridgehead atoms. The van der Waals surface area contributed by atoms with Crippen LogP contribution in [0.25, 0.3) is 10.9 Å². The van der Waals surface area contributed by atoms with Gasteiger partial charge < -0.3 is 14.6 Å². The van der Waals surface area contributed by atoms with E-state index in [1.165, 1.54) is 4.90 Å². The Labute approximate surface area is 168 Å². The summed E-state index contributed by atoms with van der Waals surface area (Å²) < 4.78 is 7.65. The van der Waals surface area contributed by atoms with Gasteiger partial charge in [0.2, 0.25) is 5.82 Å². The van der Waals surface area contributed by atoms with Crippen molar-refractivity contribution in [2.24, 2.45) is 0 Å². The number of nitrogens with zero attached hydrogens (tertiary/aromatic N) is 4. The summed E-state index contributed by atoms with van der Waals surface area (Å²) in [5, 5.41) is 13.7. The Morgan fingerprint density at radius 1 is 1.31 bits per heavy atom. The molecule has 0 unspecified atom stereocenters. The summed E-state index contributed by atoms with van der Waals surface area (Å²) in [7, 11) is 0. The number of rotatable bonds is 5. The number of hydrogen-bond acceptors (Lipinski definition) is 5. The zero-order valence-electron chi connectivity index (χ0n) is 16.7. The van der Waals surface area contributed by atoms with Crippen LogP contribution < -0.4 is 10.5 Å². The normalized spacial score (nSPS) is 21.2. The van der Waals surface area contributed by atoms with E-state index in [9.17, 15) is 4.79 Å². The molecule has 2 aliphatic rings. The lowest BCUT2D eigenvalue weighted by molar-refractivity contribution is -0.914. The van der Waals surface area contributed by atoms with Crippen LogP contribution in [0.5, 0.6) is 0 Å². The van der Waals surface area contributed by atoms with Crippen molar-refractivity contribution in [3.63, 3.8) is 0 Å². The fourth-order valence-corrected chi connectivity index (χ4v) is 4.80. The third-order valence-electron chi connectivity index (χ3n) is 6.30. The lowest BCUT2D eigenvalue weighted by Crippen LogP contribution is -3.10. The molecule has 0 saturated carbocycles. The predicted octanol–water partition coefficient (Wildman–Crippen LogP) is 0.770. The average molecular weight is 395 g/mol. The van der Waals surface area contributed by atoms with Gasteiger partial charge in [-0.2, -0.15) is 0 Å². The Hall–Kier alpha value is -2.58. The minimum Gasteiger partial charge on any atom is -0.376 e. The number of aromatic nitrogens is 5. The first kappa shape index (κ1) is 18.4. The van der Waals surface area contributed by atoms with Gasteiger partial charge in [0.25, 0.3) is 5.56 Å². The highest BCUT2D eigenvalue weighted by atomic mass is 16.5. The van der Waals surface area contributed by atoms with Crippen molar-refractivity contribution >= 4 is 10.9 Å². The van der Waals surface area contributed by atoms with Crippen LogP contribution in [-0.2, 0) is 11.3 Å². The van der Waals surface area contributed by atoms with Gasteiger partial charge in [-0.15, -0.1) is 5.10 Å². The number of pyridine rings is 1. The number of fused-ring (bicyclic) bond motifs is 1. The van der Waals surface area contributed by atoms with Gasteiger partial charge in [-0.05, 0) is 47.2 Å². The minimum absolute atomic E-state index is 0.0529. The molecule has 1 aromatic carbocycles. The highest BCUT2D eigenvalue weighted by molar-refractivity contribution is 5.82. The van der Waals surface area contributed by atoms with E-state index < -0.39 is 0 Å². The Morgan fingerprint density at radius 2 is 2.17 bits per heavy atom. The van der Waals surface area contributed by atoms with Crippen LogP contribution in [0.3, 0.4) is 0 Å². The van der Waals surface area contributed by atoms with Crippen molar-refractivity contribution < 1.29 is 9.64 Å². The Kier molecular flexibility index (Phi) is 4.89. The summed E-state index contributed by atoms with van der Waals surface area (Å²) in [6.45, 7) is 5.48. The van der Waals surface area contributed by atoms with E-state index in [1.807, 2.05) is 35.9 Å². The van der Waals surface area contributed by atoms with E-state index in [4.69, 9.17) is 4.74 Å². The van der Waals surface area contributed by atoms with Crippen molar-refractivity contribution in [2.45, 2.75) is 51.3 Å². The second kappa shape index (κ2) is 7.68. The predicted molar refractivity (Wildman–Crippen MR) is 108 cm³/mol. The minimum atomic E-state index is -0.178. The molecule has 8 nitrogen and oxygen atoms in total. The average Bonchev–Trinajstić information content (AvgIpc) is 3.48. The maximum atomic E-state index is 13.2. The van der Waals surface area contributed by atoms with Crippen LogP contribution in [0.1, 0.15) is 48.7 Å². The third-order valence-corrected chi connectivity index (χ3v) is 6.30. The Balaban J connectivity index is 1.60. The lowest BCUT2D eigenvalue weighted by Gasteiger charge is -2.24. The largest absolute Gasteiger partial charge is 0.376 e. The molecular weight excluding hydrogens is 368 g/mol. The smallest absolute Gasteiger partial charge is 0.258 e. The number of ether oxygens (including phenoxy) is 1. The number of likely N-dealkylation sites (tertiary alicyclic amines) is 1. The maximum absolute atomic E-state index is 13.2. The van der Waals surface area contributed by atoms with Crippen molar-refractivity contribution in [1.29, 1.82) is 0 Å². The number of aromatic amines is 1. The zero-order chi connectivity index (χ0) is 19.8. The molecule has 0 aliphatic carbocycles. The molecule has 5 rings (SSSR count). The molecule has 0 spiro atoms. The van der Waals surface area contributed by atoms with Gasteiger partial charge in [-0.3, -0.25) is 4.79 Å². The highest BCUT2D eigenvalue weighted by Gasteiger charge is 2.36. The molecule has 0 amide bonds. The number of tetrazole rings is 1. The Morgan fingerprint density at radius 3 is 2.97 bits per heavy atom. The Bertz CT molecular complexity index is 1060. The quantitative estimate of drug-likeness (QED) is 0.666. The zero-order valence-corrected chi connectivity index (χ0v) is 16.7. The second-order valence-electron chi connectivity index (χ2n) is 8.25. The number of aryl methyl sites for hydroxylation is 1. The van der Waals surface area contributed by atoms with Crippen molar-refractivity contribution in [3.8, 4) is 0 Å². The van der Waals surface area contributed by atoms with Gasteiger partial charge in [-0.25, -0.2) is 4.68 Å². The number of benzene rings is 1. The SMILES string of the molecule is Cc1cccc2cc([C@H](c3nnnn3C[C@@H]3CCCO3)[NH+]3CCCC3)c(=O)[nH]c12. The number of para-hydroxylation sites is 1. The van der Waals surface area contributed by atoms with Crippen LogP contribution in [0, 0.1) is 6.92 Å². The number of quaternary nitrogens is 1. The summed E-state index contributed by atoms with van der Waals surface area (Å²) >= 11 is 0. The van der Waals surface area contributed by atoms with Crippen molar-refractivity contribution in [1.82, 2.24) is 25.2 Å². The highest BCUT2D eigenvalue weighted by Crippen LogP contribution is 2.22. The van der Waals surface area contributed by atoms with Gasteiger partial charge in [0.05, 0.1) is 36.8 Å². The van der Waals surface area contributed by atoms with Gasteiger partial charge in [0.1, 0.15) is 0 Å². The second-order valence-corrected chi connectivity index (χ2v) is 8.25. The molecule has 2 fully saturated rings. The lowest BCUT2D eigenvalue weighted by atomic mass is 10.0. The summed E-state index contributed by atoms with van der Waals surface area (Å²) in [5.41, 5.74) is 2.65. The molecule has 3 aromatic rings. The number of H-pyrrole nitrogens is 1. The van der Waals surface area contributed by atoms with Crippen LogP contribution >= 0.6 is 0 Å². The summed E-state index contributed by atoms with van der Waals surface area (Å²) in [6, 6.07) is 7.94. The molecule has 0 radical (unpaired) electrons. The van der Waals surface area contributed by atoms with E-state index in [2.05, 4.69) is 20.5 Å². The molecule has 2 N–H and O–H groups in total. The van der Waals surface area contributed by atoms with Gasteiger partial charge in [0.15, 0.2) is 6.04 Å². The monoisotopic (exact) mass is 395 g/mol. The molecular formula is C21H27N6O2+. The molecule has 2 aromatic heterocycles. The first-order chi connectivity index (χ1) is 14.2. The van der Waals surface area contributed by atoms with E-state index in [-0.39, 0.29) is 17.7 Å². The van der Waals surface area contributed by atoms with Gasteiger partial charge in [-0.1, -0.05) is 18.2 Å². The first-order valence-electron chi connectivity index (χ1n) is 10.6. The molecule has 2 aliphatic heterocycles. The van der Waals surface area contributed by atoms with E-state index in [1.54, 1.807) is 0 Å². The van der Waals surface area contributed by atoms with Crippen molar-refractivity contribution in [3.05, 3.63) is 51.6 Å². The maximum Gasteiger partial charge on any atom is 0.258 e. The van der Waals surface area contributed by atoms with Crippen LogP contribution in [0.4, 0.5) is 0 Å². The van der Waals surface area contributed by atoms with Crippen LogP contribution in [-0.4, -0.2) is 51.0 Å². The van der Waals surface area contributed by atoms with E-state index in [0.717, 1.165) is 73.2 Å². The number of hydrogen-bond donors (Lipinski definition) is 2. The topological polar surface area (TPSA) is 90.1 Å². The molecule has 152 valence electrons. The summed E-state index contributed by atoms with van der Waals surface area (Å²) in [4.78, 5) is 17.6. The first-order valence-corrected chi connectivity index (χ1v) is 10.6. The van der Waals surface area contributed by atoms with Crippen LogP contribution in [0.15, 0.2) is 29.1 Å². The summed E-state index contributed by atoms with van der Waals surface area (Å²) in [6.07, 6.45) is 4.56. The molecule has 8 heteroatoms. The van der Waals surface area contributed by atoms with Gasteiger partial charge >= 0.3 is 0 Å². The molecule has 2 atom stereocenters. The van der Waals surface area contributed by atoms with Gasteiger partial charge in [0, 0.05) is 19.4 Å². The fourth-order valence-electron chi connectivity index (χ4n) is 4.80. The summed E-state index contributed by atoms with van der Waals surface area (Å²) in [5.74, 6) is 0.759. The van der Waals surface area contributed by atoms with Crippen molar-refractivity contribution in [2.75, 3.05) is 19.7 Å². The number of nitrogens with one attached hydrogen (secondary N) is 2. The van der Waals surface area contributed by atoms with E-state index >= 15 is 0 Å².